The summed E-state index contributed by atoms with van der Waals surface area (Å²) >= 11 is 4.02. The molecule has 28 nitrogen and oxygen atoms in total. The van der Waals surface area contributed by atoms with Crippen molar-refractivity contribution in [1.29, 1.82) is 0 Å². The fraction of sp³-hybridized carbons (Fsp3) is 0.747. The number of amides is 5. The van der Waals surface area contributed by atoms with Crippen LogP contribution in [0.15, 0.2) is 52.9 Å². The lowest BCUT2D eigenvalue weighted by molar-refractivity contribution is -0.292. The van der Waals surface area contributed by atoms with E-state index in [9.17, 15) is 48.3 Å². The van der Waals surface area contributed by atoms with E-state index in [1.165, 1.54) is 0 Å². The molecule has 11 fully saturated rings. The van der Waals surface area contributed by atoms with Crippen LogP contribution >= 0.6 is 0 Å². The van der Waals surface area contributed by atoms with Crippen LogP contribution in [-0.2, 0) is 125 Å². The number of hydroxylamine groups is 2. The third-order valence-corrected chi connectivity index (χ3v) is 22.0. The number of rotatable bonds is 30. The molecule has 0 saturated carbocycles. The minimum Gasteiger partial charge on any atom is -0.461 e. The lowest BCUT2D eigenvalue weighted by atomic mass is 9.81. The molecule has 0 aliphatic carbocycles. The lowest BCUT2D eigenvalue weighted by Crippen LogP contribution is -2.61. The second-order valence-electron chi connectivity index (χ2n) is 29.9. The normalized spacial score (nSPS) is 33.0. The maximum absolute atomic E-state index is 14.6. The zero-order valence-electron chi connectivity index (χ0n) is 60.7. The number of ether oxygens (including phenoxy) is 12. The van der Waals surface area contributed by atoms with Crippen LogP contribution in [0.1, 0.15) is 173 Å². The molecule has 5 N–H and O–H groups in total. The molecule has 104 heavy (non-hydrogen) atoms. The van der Waals surface area contributed by atoms with Gasteiger partial charge in [0.1, 0.15) is 48.7 Å². The Kier molecular flexibility index (Phi) is 29.3. The average Bonchev–Trinajstić information content (AvgIpc) is 1.55. The van der Waals surface area contributed by atoms with Crippen LogP contribution in [0.4, 0.5) is 4.79 Å². The Hall–Kier alpha value is -5.93. The van der Waals surface area contributed by atoms with E-state index in [0.29, 0.717) is 54.7 Å². The van der Waals surface area contributed by atoms with Crippen LogP contribution in [0.2, 0.25) is 0 Å². The van der Waals surface area contributed by atoms with Crippen LogP contribution in [0.5, 0.6) is 0 Å². The number of aliphatic hydroxyl groups is 1. The first kappa shape index (κ1) is 80.6. The zero-order chi connectivity index (χ0) is 74.4. The predicted octanol–water partition coefficient (Wildman–Crippen LogP) is 6.05. The molecule has 0 aromatic heterocycles. The summed E-state index contributed by atoms with van der Waals surface area (Å²) in [5, 5.41) is 17.5. The van der Waals surface area contributed by atoms with Crippen molar-refractivity contribution in [2.24, 2.45) is 33.8 Å². The Morgan fingerprint density at radius 1 is 0.750 bits per heavy atom. The fourth-order valence-electron chi connectivity index (χ4n) is 16.5. The second-order valence-corrected chi connectivity index (χ2v) is 30.3. The van der Waals surface area contributed by atoms with E-state index in [4.69, 9.17) is 67.4 Å². The van der Waals surface area contributed by atoms with Gasteiger partial charge in [-0.25, -0.2) is 14.0 Å². The molecule has 576 valence electrons. The van der Waals surface area contributed by atoms with Crippen LogP contribution in [0.25, 0.3) is 0 Å². The number of nitrogens with zero attached hydrogens (tertiary/aromatic N) is 2. The number of aliphatic hydroxyl groups excluding tert-OH is 1. The Balaban J connectivity index is 0.00000380. The van der Waals surface area contributed by atoms with Crippen molar-refractivity contribution in [3.8, 4) is 0 Å². The number of hydrogen-bond acceptors (Lipinski definition) is 25. The molecule has 1 aromatic carbocycles. The Morgan fingerprint density at radius 2 is 1.42 bits per heavy atom. The number of methoxy groups -OCH3 is 1. The van der Waals surface area contributed by atoms with E-state index in [-0.39, 0.29) is 207 Å². The van der Waals surface area contributed by atoms with Gasteiger partial charge in [-0.05, 0) is 98.3 Å². The van der Waals surface area contributed by atoms with Crippen molar-refractivity contribution >= 4 is 65.5 Å². The molecule has 1 aromatic rings. The Bertz CT molecular complexity index is 3200. The number of urea groups is 1. The van der Waals surface area contributed by atoms with E-state index in [1.54, 1.807) is 52.3 Å². The fourth-order valence-corrected chi connectivity index (χ4v) is 16.5. The van der Waals surface area contributed by atoms with Gasteiger partial charge in [0.25, 0.3) is 11.8 Å². The van der Waals surface area contributed by atoms with Crippen molar-refractivity contribution in [3.63, 3.8) is 0 Å². The van der Waals surface area contributed by atoms with E-state index in [1.807, 2.05) is 0 Å². The van der Waals surface area contributed by atoms with E-state index in [2.05, 4.69) is 47.5 Å². The summed E-state index contributed by atoms with van der Waals surface area (Å²) in [4.78, 5) is 120. The molecular formula is C75H107N5O23S. The second kappa shape index (κ2) is 37.7. The number of Topliss-reactive ketones (excluding diaryl/α,β-unsaturated/α-hetero) is 3. The summed E-state index contributed by atoms with van der Waals surface area (Å²) < 4.78 is 80.6. The Labute approximate surface area is 613 Å². The summed E-state index contributed by atoms with van der Waals surface area (Å²) in [7, 11) is 3.16. The number of nitrogens with two attached hydrogens (primary N) is 1. The molecule has 5 amide bonds. The molecule has 11 saturated heterocycles. The minimum absolute atomic E-state index is 0.00590. The number of fused-ring (bicyclic) bond motifs is 6. The molecule has 11 aliphatic rings. The van der Waals surface area contributed by atoms with Gasteiger partial charge in [0.05, 0.1) is 106 Å². The molecule has 11 heterocycles. The van der Waals surface area contributed by atoms with Gasteiger partial charge in [-0.1, -0.05) is 58.2 Å². The highest BCUT2D eigenvalue weighted by Crippen LogP contribution is 2.55. The van der Waals surface area contributed by atoms with Crippen LogP contribution < -0.4 is 16.4 Å². The number of hydrogen-bond donors (Lipinski definition) is 4. The first-order valence-electron chi connectivity index (χ1n) is 37.3. The highest BCUT2D eigenvalue weighted by atomic mass is 32.1. The quantitative estimate of drug-likeness (QED) is 0.0295. The van der Waals surface area contributed by atoms with Gasteiger partial charge in [-0.15, -0.1) is 5.06 Å². The van der Waals surface area contributed by atoms with E-state index >= 15 is 0 Å². The number of imide groups is 1. The van der Waals surface area contributed by atoms with Crippen molar-refractivity contribution in [2.75, 3.05) is 47.1 Å². The molecule has 29 heteroatoms. The lowest BCUT2D eigenvalue weighted by Gasteiger charge is -2.47. The standard InChI is InChI=1S/C74H104N4O23.CH3NS/c1-40(2)52(34-47(80)22-26-90-28-29-91-27-23-65(86)101-78-62(83)18-19-63(78)84)72(87)77-54(8-7-25-76-73(75)88)55(82)32-44-9-11-45(12-10-44)39-92-64(85)20-13-46(79)36-60-66(89-6)53-35-48(81)33-50-15-17-57-67(95-50)71-70-69(97-57)68-61(98-70)38-74(99-68,100-71)24-21-51-31-42(4)56(93-51)16-14-49-30-41(3)43(5)58(94-49)37-59(53)96-60;1-2-3/h9-12,40-41,46,49-54,56-61,66-71,79H,4-5,7-8,13-39H2,1-3,6H3,(H,77,87)(H3,75,76,88);1H3/t41-,46-,49?,50?,51?,52+,53+,54+,56+,57+,58-,59+,60?,61?,66-,67+,68?,69+,70-,71+,74+;/m1./s1. The van der Waals surface area contributed by atoms with Gasteiger partial charge in [0, 0.05) is 122 Å². The highest BCUT2D eigenvalue weighted by Gasteiger charge is 2.69. The summed E-state index contributed by atoms with van der Waals surface area (Å²) in [6.07, 6.45) is 1.72. The number of carbonyl (C=O) groups is 9. The highest BCUT2D eigenvalue weighted by molar-refractivity contribution is 7.47. The molecule has 12 bridgehead atoms. The molecular weight excluding hydrogens is 1370 g/mol. The maximum atomic E-state index is 14.6. The number of nitrogens with one attached hydrogen (secondary N) is 2. The smallest absolute Gasteiger partial charge is 0.335 e. The third-order valence-electron chi connectivity index (χ3n) is 22.0. The van der Waals surface area contributed by atoms with E-state index < -0.39 is 96.0 Å². The minimum atomic E-state index is -0.991. The molecule has 11 aliphatic heterocycles. The van der Waals surface area contributed by atoms with Crippen molar-refractivity contribution in [2.45, 2.75) is 285 Å². The number of benzene rings is 1. The summed E-state index contributed by atoms with van der Waals surface area (Å²) in [5.74, 6) is -5.62. The first-order valence-corrected chi connectivity index (χ1v) is 37.7. The van der Waals surface area contributed by atoms with Crippen molar-refractivity contribution in [3.05, 3.63) is 59.7 Å². The molecule has 1 spiro atoms. The molecule has 6 unspecified atom stereocenters. The van der Waals surface area contributed by atoms with Crippen molar-refractivity contribution < 1.29 is 110 Å². The Morgan fingerprint density at radius 3 is 2.14 bits per heavy atom. The van der Waals surface area contributed by atoms with Crippen LogP contribution in [0.3, 0.4) is 0 Å². The topological polar surface area (TPSA) is 360 Å². The van der Waals surface area contributed by atoms with Gasteiger partial charge < -0.3 is 83.2 Å². The first-order chi connectivity index (χ1) is 49.9. The molecule has 21 atom stereocenters. The number of ketones is 3. The molecule has 12 rings (SSSR count). The number of esters is 1. The largest absolute Gasteiger partial charge is 0.461 e. The third kappa shape index (κ3) is 21.3. The van der Waals surface area contributed by atoms with Gasteiger partial charge in [0.15, 0.2) is 11.6 Å². The SMILES string of the molecule is C=C1CC2CC[C@@]34CC5O[C@H]6[C@@H](O3)[C@H]3OC(CC[C@@H]3O[C@H]6C5O4)CC(=O)C[C@H]3[C@H](C[C@H]4OC(CC[C@@H]1O2)C[C@@H](C)C4=C)OC(C[C@H](O)CCC(=O)OCc1ccc(CC(=O)[C@H](CCCNC(N)=O)NC(=O)[C@@H](CC(=O)CCOCCOCCC(=O)ON2C(=O)CCC2=O)C(C)C)cc1)[C@@H]3OC.CN=S. The zero-order valence-corrected chi connectivity index (χ0v) is 61.5. The van der Waals surface area contributed by atoms with Gasteiger partial charge in [-0.3, -0.25) is 33.6 Å². The molecule has 0 radical (unpaired) electrons. The van der Waals surface area contributed by atoms with E-state index in [0.717, 1.165) is 43.3 Å². The van der Waals surface area contributed by atoms with Gasteiger partial charge in [-0.2, -0.15) is 0 Å². The van der Waals surface area contributed by atoms with Crippen molar-refractivity contribution in [1.82, 2.24) is 15.7 Å². The predicted molar refractivity (Wildman–Crippen MR) is 372 cm³/mol. The average molecular weight is 1480 g/mol. The number of primary amides is 1. The monoisotopic (exact) mass is 1480 g/mol. The maximum Gasteiger partial charge on any atom is 0.335 e. The van der Waals surface area contributed by atoms with Crippen LogP contribution in [0, 0.1) is 23.7 Å². The van der Waals surface area contributed by atoms with Crippen LogP contribution in [-0.4, -0.2) is 220 Å². The summed E-state index contributed by atoms with van der Waals surface area (Å²) in [6, 6.07) is 5.23. The van der Waals surface area contributed by atoms with Gasteiger partial charge in [0.2, 0.25) is 5.91 Å². The summed E-state index contributed by atoms with van der Waals surface area (Å²) in [6.45, 7) is 15.1. The number of carbonyl (C=O) groups excluding carboxylic acids is 9. The van der Waals surface area contributed by atoms with Gasteiger partial charge >= 0.3 is 18.0 Å². The summed E-state index contributed by atoms with van der Waals surface area (Å²) in [5.41, 5.74) is 8.60.